The molecular weight excluding hydrogens is 264 g/mol. The van der Waals surface area contributed by atoms with Crippen molar-refractivity contribution in [1.82, 2.24) is 0 Å². The number of carbonyl (C=O) groups is 2. The van der Waals surface area contributed by atoms with Crippen LogP contribution in [0.3, 0.4) is 0 Å². The highest BCUT2D eigenvalue weighted by atomic mass is 16.5. The van der Waals surface area contributed by atoms with Gasteiger partial charge in [-0.2, -0.15) is 0 Å². The summed E-state index contributed by atoms with van der Waals surface area (Å²) in [7, 11) is 0. The predicted molar refractivity (Wildman–Crippen MR) is 78.2 cm³/mol. The molecule has 3 aliphatic carbocycles. The molecule has 112 valence electrons. The number of rotatable bonds is 0. The lowest BCUT2D eigenvalue weighted by atomic mass is 9.58. The van der Waals surface area contributed by atoms with E-state index in [1.54, 1.807) is 6.08 Å². The van der Waals surface area contributed by atoms with Crippen molar-refractivity contribution >= 4 is 11.8 Å². The van der Waals surface area contributed by atoms with Gasteiger partial charge in [-0.3, -0.25) is 4.79 Å². The van der Waals surface area contributed by atoms with Crippen LogP contribution >= 0.6 is 0 Å². The molecule has 3 atom stereocenters. The quantitative estimate of drug-likeness (QED) is 0.638. The largest absolute Gasteiger partial charge is 0.427 e. The van der Waals surface area contributed by atoms with Crippen molar-refractivity contribution in [1.29, 1.82) is 0 Å². The normalized spacial score (nSPS) is 42.0. The molecule has 1 saturated heterocycles. The van der Waals surface area contributed by atoms with Crippen LogP contribution in [0.5, 0.6) is 0 Å². The minimum absolute atomic E-state index is 0.0667. The van der Waals surface area contributed by atoms with Crippen molar-refractivity contribution in [2.75, 3.05) is 0 Å². The molecule has 0 radical (unpaired) electrons. The number of allylic oxidation sites excluding steroid dienone is 3. The fourth-order valence-corrected chi connectivity index (χ4v) is 5.07. The Morgan fingerprint density at radius 1 is 1.14 bits per heavy atom. The van der Waals surface area contributed by atoms with E-state index < -0.39 is 0 Å². The second-order valence-electron chi connectivity index (χ2n) is 7.68. The Morgan fingerprint density at radius 2 is 1.95 bits per heavy atom. The van der Waals surface area contributed by atoms with Crippen molar-refractivity contribution in [2.24, 2.45) is 16.7 Å². The molecule has 1 saturated carbocycles. The third-order valence-electron chi connectivity index (χ3n) is 6.49. The fraction of sp³-hybridized carbons (Fsp3) is 0.667. The zero-order valence-corrected chi connectivity index (χ0v) is 12.8. The van der Waals surface area contributed by atoms with Crippen LogP contribution in [0, 0.1) is 16.7 Å². The molecule has 1 heterocycles. The topological polar surface area (TPSA) is 43.4 Å². The number of hydrogen-bond donors (Lipinski definition) is 0. The Hall–Kier alpha value is -1.38. The van der Waals surface area contributed by atoms with E-state index in [1.807, 2.05) is 0 Å². The predicted octanol–water partition coefficient (Wildman–Crippen LogP) is 3.69. The monoisotopic (exact) mass is 286 g/mol. The van der Waals surface area contributed by atoms with E-state index >= 15 is 0 Å². The van der Waals surface area contributed by atoms with Gasteiger partial charge in [-0.25, -0.2) is 4.79 Å². The number of esters is 1. The zero-order valence-electron chi connectivity index (χ0n) is 12.8. The summed E-state index contributed by atoms with van der Waals surface area (Å²) < 4.78 is 5.77. The molecule has 0 amide bonds. The van der Waals surface area contributed by atoms with Crippen molar-refractivity contribution in [2.45, 2.75) is 58.8 Å². The van der Waals surface area contributed by atoms with Crippen LogP contribution in [-0.2, 0) is 14.3 Å². The second-order valence-corrected chi connectivity index (χ2v) is 7.68. The maximum atomic E-state index is 12.5. The Bertz CT molecular complexity index is 612. The molecule has 3 unspecified atom stereocenters. The number of ether oxygens (including phenoxy) is 1. The number of ketones is 1. The van der Waals surface area contributed by atoms with Gasteiger partial charge in [0.05, 0.1) is 0 Å². The first kappa shape index (κ1) is 13.3. The SMILES string of the molecule is CC12CCCC1=C1OC(=O)C3=CC(=O)CCC3(C)C1CC2. The molecule has 0 aromatic carbocycles. The summed E-state index contributed by atoms with van der Waals surface area (Å²) in [6.45, 7) is 4.49. The third-order valence-corrected chi connectivity index (χ3v) is 6.49. The van der Waals surface area contributed by atoms with Gasteiger partial charge >= 0.3 is 5.97 Å². The molecule has 0 aromatic heterocycles. The summed E-state index contributed by atoms with van der Waals surface area (Å²) in [5, 5.41) is 0. The summed E-state index contributed by atoms with van der Waals surface area (Å²) >= 11 is 0. The van der Waals surface area contributed by atoms with E-state index in [9.17, 15) is 9.59 Å². The maximum absolute atomic E-state index is 12.5. The Labute approximate surface area is 125 Å². The number of carbonyl (C=O) groups excluding carboxylic acids is 2. The molecule has 21 heavy (non-hydrogen) atoms. The Kier molecular flexibility index (Phi) is 2.59. The average molecular weight is 286 g/mol. The highest BCUT2D eigenvalue weighted by Gasteiger charge is 2.55. The first-order valence-corrected chi connectivity index (χ1v) is 8.15. The molecule has 3 nitrogen and oxygen atoms in total. The summed E-state index contributed by atoms with van der Waals surface area (Å²) in [5.41, 5.74) is 2.06. The molecule has 0 aromatic rings. The smallest absolute Gasteiger partial charge is 0.339 e. The van der Waals surface area contributed by atoms with E-state index in [4.69, 9.17) is 4.74 Å². The van der Waals surface area contributed by atoms with Gasteiger partial charge in [0.15, 0.2) is 5.78 Å². The second kappa shape index (κ2) is 4.08. The standard InChI is InChI=1S/C18H22O3/c1-17-7-3-4-12(17)15-13(6-8-17)18(2)9-5-11(19)10-14(18)16(20)21-15/h10,13H,3-9H2,1-2H3. The van der Waals surface area contributed by atoms with Gasteiger partial charge in [0.1, 0.15) is 5.76 Å². The van der Waals surface area contributed by atoms with E-state index in [0.717, 1.165) is 25.0 Å². The molecule has 3 heteroatoms. The average Bonchev–Trinajstić information content (AvgIpc) is 2.83. The van der Waals surface area contributed by atoms with E-state index in [1.165, 1.54) is 24.8 Å². The first-order chi connectivity index (χ1) is 9.94. The first-order valence-electron chi connectivity index (χ1n) is 8.15. The Balaban J connectivity index is 1.86. The molecule has 0 bridgehead atoms. The van der Waals surface area contributed by atoms with Crippen molar-refractivity contribution < 1.29 is 14.3 Å². The number of hydrogen-bond acceptors (Lipinski definition) is 3. The van der Waals surface area contributed by atoms with Gasteiger partial charge in [0, 0.05) is 23.3 Å². The van der Waals surface area contributed by atoms with Crippen LogP contribution in [0.25, 0.3) is 0 Å². The molecule has 0 N–H and O–H groups in total. The maximum Gasteiger partial charge on any atom is 0.339 e. The van der Waals surface area contributed by atoms with Gasteiger partial charge in [0.25, 0.3) is 0 Å². The third kappa shape index (κ3) is 1.66. The highest BCUT2D eigenvalue weighted by molar-refractivity contribution is 6.02. The van der Waals surface area contributed by atoms with Crippen LogP contribution in [-0.4, -0.2) is 11.8 Å². The molecule has 0 spiro atoms. The zero-order chi connectivity index (χ0) is 14.8. The molecule has 1 aliphatic heterocycles. The minimum atomic E-state index is -0.277. The van der Waals surface area contributed by atoms with Gasteiger partial charge in [-0.05, 0) is 55.6 Å². The van der Waals surface area contributed by atoms with E-state index in [0.29, 0.717) is 12.0 Å². The van der Waals surface area contributed by atoms with Crippen molar-refractivity contribution in [3.63, 3.8) is 0 Å². The molecule has 4 rings (SSSR count). The van der Waals surface area contributed by atoms with Crippen LogP contribution in [0.2, 0.25) is 0 Å². The summed E-state index contributed by atoms with van der Waals surface area (Å²) in [5.74, 6) is 1.05. The van der Waals surface area contributed by atoms with Crippen LogP contribution in [0.1, 0.15) is 58.8 Å². The lowest BCUT2D eigenvalue weighted by Gasteiger charge is -2.49. The fourth-order valence-electron chi connectivity index (χ4n) is 5.07. The van der Waals surface area contributed by atoms with Crippen LogP contribution in [0.15, 0.2) is 23.0 Å². The lowest BCUT2D eigenvalue weighted by Crippen LogP contribution is -2.46. The van der Waals surface area contributed by atoms with Crippen molar-refractivity contribution in [3.05, 3.63) is 23.0 Å². The summed E-state index contributed by atoms with van der Waals surface area (Å²) in [4.78, 5) is 24.2. The minimum Gasteiger partial charge on any atom is -0.427 e. The molecular formula is C18H22O3. The van der Waals surface area contributed by atoms with Gasteiger partial charge in [-0.1, -0.05) is 13.8 Å². The molecule has 2 fully saturated rings. The summed E-state index contributed by atoms with van der Waals surface area (Å²) in [6, 6.07) is 0. The van der Waals surface area contributed by atoms with Crippen LogP contribution in [0.4, 0.5) is 0 Å². The summed E-state index contributed by atoms with van der Waals surface area (Å²) in [6.07, 6.45) is 8.65. The molecule has 4 aliphatic rings. The number of fused-ring (bicyclic) bond motifs is 4. The van der Waals surface area contributed by atoms with E-state index in [-0.39, 0.29) is 28.5 Å². The van der Waals surface area contributed by atoms with Crippen LogP contribution < -0.4 is 0 Å². The van der Waals surface area contributed by atoms with Crippen molar-refractivity contribution in [3.8, 4) is 0 Å². The lowest BCUT2D eigenvalue weighted by molar-refractivity contribution is -0.144. The van der Waals surface area contributed by atoms with E-state index in [2.05, 4.69) is 13.8 Å². The van der Waals surface area contributed by atoms with Gasteiger partial charge in [-0.15, -0.1) is 0 Å². The van der Waals surface area contributed by atoms with Gasteiger partial charge in [0.2, 0.25) is 0 Å². The Morgan fingerprint density at radius 3 is 2.76 bits per heavy atom. The van der Waals surface area contributed by atoms with Gasteiger partial charge < -0.3 is 4.74 Å². The highest BCUT2D eigenvalue weighted by Crippen LogP contribution is 2.60.